The van der Waals surface area contributed by atoms with Crippen molar-refractivity contribution in [3.8, 4) is 17.0 Å². The Kier molecular flexibility index (Phi) is 7.25. The fourth-order valence-electron chi connectivity index (χ4n) is 3.68. The maximum Gasteiger partial charge on any atom is 0.534 e. The summed E-state index contributed by atoms with van der Waals surface area (Å²) in [5, 5.41) is 2.84. The first-order valence-corrected chi connectivity index (χ1v) is 12.4. The van der Waals surface area contributed by atoms with Gasteiger partial charge in [-0.3, -0.25) is 4.79 Å². The number of nitrogens with zero attached hydrogens (tertiary/aromatic N) is 1. The second kappa shape index (κ2) is 10.4. The van der Waals surface area contributed by atoms with E-state index in [1.807, 2.05) is 30.3 Å². The van der Waals surface area contributed by atoms with Gasteiger partial charge in [-0.05, 0) is 24.5 Å². The van der Waals surface area contributed by atoms with Gasteiger partial charge in [-0.2, -0.15) is 21.6 Å². The minimum absolute atomic E-state index is 0.158. The number of pyridine rings is 1. The van der Waals surface area contributed by atoms with Crippen molar-refractivity contribution in [2.75, 3.05) is 6.54 Å². The standard InChI is InChI=1S/C26H21F3N2O4S/c27-26(28,29)36(33,34)35-24-22(25(32)30-17-9-12-18-10-3-1-4-11-18)20-15-7-8-16-21(20)31-23(24)19-13-5-2-6-14-19/h1-8,10-11,13-16H,9,12,17H2,(H,30,32). The summed E-state index contributed by atoms with van der Waals surface area (Å²) >= 11 is 0. The first kappa shape index (κ1) is 25.2. The Balaban J connectivity index is 1.78. The predicted octanol–water partition coefficient (Wildman–Crippen LogP) is 5.49. The van der Waals surface area contributed by atoms with Crippen LogP contribution < -0.4 is 9.50 Å². The van der Waals surface area contributed by atoms with E-state index in [0.29, 0.717) is 18.4 Å². The van der Waals surface area contributed by atoms with Crippen LogP contribution >= 0.6 is 0 Å². The molecule has 0 aliphatic heterocycles. The van der Waals surface area contributed by atoms with E-state index >= 15 is 0 Å². The van der Waals surface area contributed by atoms with Crippen LogP contribution in [0.2, 0.25) is 0 Å². The Morgan fingerprint density at radius 3 is 2.17 bits per heavy atom. The summed E-state index contributed by atoms with van der Waals surface area (Å²) in [5.41, 5.74) is -4.59. The number of rotatable bonds is 8. The molecule has 1 heterocycles. The minimum Gasteiger partial charge on any atom is -0.373 e. The third-order valence-electron chi connectivity index (χ3n) is 5.37. The molecule has 3 aromatic carbocycles. The van der Waals surface area contributed by atoms with Crippen LogP contribution in [0.3, 0.4) is 0 Å². The lowest BCUT2D eigenvalue weighted by Gasteiger charge is -2.18. The lowest BCUT2D eigenvalue weighted by atomic mass is 10.0. The number of fused-ring (bicyclic) bond motifs is 1. The maximum absolute atomic E-state index is 13.3. The number of amides is 1. The molecule has 0 unspecified atom stereocenters. The fourth-order valence-corrected chi connectivity index (χ4v) is 4.15. The second-order valence-electron chi connectivity index (χ2n) is 7.88. The molecule has 6 nitrogen and oxygen atoms in total. The lowest BCUT2D eigenvalue weighted by Crippen LogP contribution is -2.31. The molecule has 10 heteroatoms. The van der Waals surface area contributed by atoms with Gasteiger partial charge in [-0.1, -0.05) is 78.9 Å². The Labute approximate surface area is 205 Å². The normalized spacial score (nSPS) is 11.9. The number of carbonyl (C=O) groups is 1. The number of carbonyl (C=O) groups excluding carboxylic acids is 1. The Morgan fingerprint density at radius 1 is 0.889 bits per heavy atom. The van der Waals surface area contributed by atoms with E-state index < -0.39 is 27.3 Å². The minimum atomic E-state index is -6.09. The molecular weight excluding hydrogens is 493 g/mol. The molecule has 0 radical (unpaired) electrons. The molecular formula is C26H21F3N2O4S. The maximum atomic E-state index is 13.3. The molecule has 0 saturated carbocycles. The average molecular weight is 515 g/mol. The molecule has 0 aliphatic carbocycles. The first-order chi connectivity index (χ1) is 17.2. The van der Waals surface area contributed by atoms with Crippen LogP contribution in [-0.4, -0.2) is 31.4 Å². The smallest absolute Gasteiger partial charge is 0.373 e. The van der Waals surface area contributed by atoms with Gasteiger partial charge in [0.1, 0.15) is 5.69 Å². The van der Waals surface area contributed by atoms with E-state index in [0.717, 1.165) is 5.56 Å². The molecule has 0 spiro atoms. The predicted molar refractivity (Wildman–Crippen MR) is 130 cm³/mol. The van der Waals surface area contributed by atoms with Gasteiger partial charge in [0.25, 0.3) is 5.91 Å². The molecule has 36 heavy (non-hydrogen) atoms. The molecule has 0 saturated heterocycles. The lowest BCUT2D eigenvalue weighted by molar-refractivity contribution is -0.0500. The van der Waals surface area contributed by atoms with Crippen LogP contribution in [0.4, 0.5) is 13.2 Å². The number of alkyl halides is 3. The van der Waals surface area contributed by atoms with Crippen molar-refractivity contribution in [2.24, 2.45) is 0 Å². The number of benzene rings is 3. The van der Waals surface area contributed by atoms with Gasteiger partial charge < -0.3 is 9.50 Å². The molecule has 0 fully saturated rings. The number of hydrogen-bond donors (Lipinski definition) is 1. The zero-order valence-corrected chi connectivity index (χ0v) is 19.6. The summed E-state index contributed by atoms with van der Waals surface area (Å²) < 4.78 is 68.5. The van der Waals surface area contributed by atoms with Gasteiger partial charge in [-0.25, -0.2) is 4.98 Å². The molecule has 0 bridgehead atoms. The monoisotopic (exact) mass is 514 g/mol. The van der Waals surface area contributed by atoms with Crippen LogP contribution in [0.1, 0.15) is 22.3 Å². The summed E-state index contributed by atoms with van der Waals surface area (Å²) in [6.07, 6.45) is 1.22. The van der Waals surface area contributed by atoms with Crippen molar-refractivity contribution in [2.45, 2.75) is 18.3 Å². The molecule has 186 valence electrons. The van der Waals surface area contributed by atoms with Crippen LogP contribution in [0.25, 0.3) is 22.2 Å². The van der Waals surface area contributed by atoms with Gasteiger partial charge in [0.2, 0.25) is 0 Å². The highest BCUT2D eigenvalue weighted by Crippen LogP contribution is 2.39. The fraction of sp³-hybridized carbons (Fsp3) is 0.154. The summed E-state index contributed by atoms with van der Waals surface area (Å²) in [5.74, 6) is -1.55. The van der Waals surface area contributed by atoms with Gasteiger partial charge >= 0.3 is 15.6 Å². The third-order valence-corrected chi connectivity index (χ3v) is 6.32. The summed E-state index contributed by atoms with van der Waals surface area (Å²) in [6.45, 7) is 0.205. The highest BCUT2D eigenvalue weighted by molar-refractivity contribution is 7.88. The van der Waals surface area contributed by atoms with Crippen molar-refractivity contribution in [3.05, 3.63) is 96.1 Å². The van der Waals surface area contributed by atoms with Crippen molar-refractivity contribution >= 4 is 26.9 Å². The molecule has 4 rings (SSSR count). The van der Waals surface area contributed by atoms with E-state index in [1.165, 1.54) is 18.2 Å². The number of aromatic nitrogens is 1. The molecule has 0 atom stereocenters. The topological polar surface area (TPSA) is 85.4 Å². The second-order valence-corrected chi connectivity index (χ2v) is 9.41. The van der Waals surface area contributed by atoms with Crippen molar-refractivity contribution in [1.29, 1.82) is 0 Å². The van der Waals surface area contributed by atoms with E-state index in [2.05, 4.69) is 14.5 Å². The molecule has 0 aliphatic rings. The van der Waals surface area contributed by atoms with Gasteiger partial charge in [0.05, 0.1) is 11.1 Å². The van der Waals surface area contributed by atoms with Crippen molar-refractivity contribution < 1.29 is 30.6 Å². The highest BCUT2D eigenvalue weighted by Gasteiger charge is 2.49. The SMILES string of the molecule is O=C(NCCCc1ccccc1)c1c(OS(=O)(=O)C(F)(F)F)c(-c2ccccc2)nc2ccccc12. The first-order valence-electron chi connectivity index (χ1n) is 11.0. The number of para-hydroxylation sites is 1. The van der Waals surface area contributed by atoms with Crippen molar-refractivity contribution in [1.82, 2.24) is 10.3 Å². The summed E-state index contributed by atoms with van der Waals surface area (Å²) in [4.78, 5) is 17.7. The third kappa shape index (κ3) is 5.49. The molecule has 1 amide bonds. The quantitative estimate of drug-likeness (QED) is 0.191. The van der Waals surface area contributed by atoms with E-state index in [1.54, 1.807) is 36.4 Å². The zero-order valence-electron chi connectivity index (χ0n) is 18.8. The van der Waals surface area contributed by atoms with E-state index in [9.17, 15) is 26.4 Å². The molecule has 1 aromatic heterocycles. The number of nitrogens with one attached hydrogen (secondary N) is 1. The van der Waals surface area contributed by atoms with Crippen LogP contribution in [0, 0.1) is 0 Å². The summed E-state index contributed by atoms with van der Waals surface area (Å²) in [7, 11) is -6.09. The Hall–Kier alpha value is -3.92. The molecule has 1 N–H and O–H groups in total. The Morgan fingerprint density at radius 2 is 1.50 bits per heavy atom. The number of aryl methyl sites for hydroxylation is 1. The number of hydrogen-bond acceptors (Lipinski definition) is 5. The van der Waals surface area contributed by atoms with Gasteiger partial charge in [-0.15, -0.1) is 0 Å². The van der Waals surface area contributed by atoms with Crippen LogP contribution in [0.5, 0.6) is 5.75 Å². The highest BCUT2D eigenvalue weighted by atomic mass is 32.2. The average Bonchev–Trinajstić information content (AvgIpc) is 2.86. The van der Waals surface area contributed by atoms with Gasteiger partial charge in [0.15, 0.2) is 5.75 Å². The van der Waals surface area contributed by atoms with E-state index in [-0.39, 0.29) is 28.8 Å². The summed E-state index contributed by atoms with van der Waals surface area (Å²) in [6, 6.07) is 23.8. The van der Waals surface area contributed by atoms with Crippen molar-refractivity contribution in [3.63, 3.8) is 0 Å². The number of halogens is 3. The van der Waals surface area contributed by atoms with Crippen LogP contribution in [0.15, 0.2) is 84.9 Å². The zero-order chi connectivity index (χ0) is 25.8. The van der Waals surface area contributed by atoms with Crippen LogP contribution in [-0.2, 0) is 16.5 Å². The molecule has 4 aromatic rings. The largest absolute Gasteiger partial charge is 0.534 e. The Bertz CT molecular complexity index is 1480. The van der Waals surface area contributed by atoms with Gasteiger partial charge in [0, 0.05) is 17.5 Å². The van der Waals surface area contributed by atoms with E-state index in [4.69, 9.17) is 0 Å².